The Balaban J connectivity index is 2.17. The molecule has 4 aliphatic rings. The summed E-state index contributed by atoms with van der Waals surface area (Å²) in [6, 6.07) is 0. The molecule has 2 fully saturated rings. The monoisotopic (exact) mass is 636 g/mol. The Labute approximate surface area is 229 Å². The average Bonchev–Trinajstić information content (AvgIpc) is 3.18. The van der Waals surface area contributed by atoms with Crippen molar-refractivity contribution >= 4 is 139 Å². The lowest BCUT2D eigenvalue weighted by atomic mass is 9.68. The molecule has 5 unspecified atom stereocenters. The van der Waals surface area contributed by atoms with E-state index in [0.29, 0.717) is 12.0 Å². The first kappa shape index (κ1) is 25.1. The van der Waals surface area contributed by atoms with Gasteiger partial charge >= 0.3 is 0 Å². The molecular weight excluding hydrogens is 630 g/mol. The van der Waals surface area contributed by atoms with E-state index in [1.165, 1.54) is 0 Å². The Morgan fingerprint density at radius 1 is 0.793 bits per heavy atom. The molecule has 0 amide bonds. The summed E-state index contributed by atoms with van der Waals surface area (Å²) >= 11 is 81.5. The fourth-order valence-corrected chi connectivity index (χ4v) is 10.3. The molecule has 164 valence electrons. The van der Waals surface area contributed by atoms with Gasteiger partial charge in [0, 0.05) is 0 Å². The molecule has 4 aliphatic carbocycles. The van der Waals surface area contributed by atoms with Gasteiger partial charge in [0.1, 0.15) is 9.75 Å². The molecule has 0 radical (unpaired) electrons. The molecule has 0 N–H and O–H groups in total. The van der Waals surface area contributed by atoms with E-state index in [-0.39, 0.29) is 12.3 Å². The summed E-state index contributed by atoms with van der Waals surface area (Å²) in [7, 11) is 0. The second-order valence-electron chi connectivity index (χ2n) is 7.99. The molecule has 2 saturated carbocycles. The highest BCUT2D eigenvalue weighted by Crippen LogP contribution is 2.85. The van der Waals surface area contributed by atoms with Crippen LogP contribution in [-0.2, 0) is 0 Å². The molecule has 5 atom stereocenters. The third-order valence-electron chi connectivity index (χ3n) is 6.50. The normalized spacial score (nSPS) is 51.2. The van der Waals surface area contributed by atoms with Crippen molar-refractivity contribution in [1.82, 2.24) is 0 Å². The molecule has 0 heterocycles. The first-order valence-electron chi connectivity index (χ1n) is 8.59. The molecule has 0 aliphatic heterocycles. The van der Waals surface area contributed by atoms with Crippen LogP contribution < -0.4 is 0 Å². The highest BCUT2D eigenvalue weighted by Gasteiger charge is 2.93. The zero-order chi connectivity index (χ0) is 22.1. The van der Waals surface area contributed by atoms with Crippen molar-refractivity contribution in [2.45, 2.75) is 63.0 Å². The average molecular weight is 642 g/mol. The first-order valence-corrected chi connectivity index (χ1v) is 13.2. The van der Waals surface area contributed by atoms with Crippen LogP contribution in [0.3, 0.4) is 0 Å². The third-order valence-corrected chi connectivity index (χ3v) is 15.4. The summed E-state index contributed by atoms with van der Waals surface area (Å²) in [4.78, 5) is -4.88. The minimum absolute atomic E-state index is 0.101. The van der Waals surface area contributed by atoms with Crippen LogP contribution in [0.5, 0.6) is 0 Å². The fourth-order valence-electron chi connectivity index (χ4n) is 4.77. The van der Waals surface area contributed by atoms with Crippen LogP contribution in [0.2, 0.25) is 0 Å². The fraction of sp³-hybridized carbons (Fsp3) is 0.765. The van der Waals surface area contributed by atoms with Gasteiger partial charge in [-0.05, 0) is 42.7 Å². The smallest absolute Gasteiger partial charge is 0.120 e. The molecule has 12 heteroatoms. The minimum atomic E-state index is -2.27. The van der Waals surface area contributed by atoms with Gasteiger partial charge in [-0.2, -0.15) is 0 Å². The van der Waals surface area contributed by atoms with Crippen LogP contribution in [0.1, 0.15) is 25.7 Å². The molecule has 0 aromatic rings. The highest BCUT2D eigenvalue weighted by atomic mass is 35.6. The summed E-state index contributed by atoms with van der Waals surface area (Å²) in [5, 5.41) is -0.901. The largest absolute Gasteiger partial charge is 0.178 e. The molecule has 0 spiro atoms. The Morgan fingerprint density at radius 2 is 1.38 bits per heavy atom. The topological polar surface area (TPSA) is 0 Å². The number of alkyl halides is 12. The van der Waals surface area contributed by atoms with E-state index >= 15 is 0 Å². The quantitative estimate of drug-likeness (QED) is 0.231. The predicted octanol–water partition coefficient (Wildman–Crippen LogP) is 9.31. The van der Waals surface area contributed by atoms with Crippen molar-refractivity contribution in [1.29, 1.82) is 0 Å². The van der Waals surface area contributed by atoms with Crippen LogP contribution in [0, 0.1) is 5.92 Å². The SMILES string of the molecule is ClC1CC2CCC=C/C2=C2\C3(Cl)CC3(Cl)C(Cl)(Cl)C(Cl)(Cl)C2(Cl)C(Cl)(Cl)C1(Cl)Cl. The lowest BCUT2D eigenvalue weighted by Gasteiger charge is -2.61. The Morgan fingerprint density at radius 3 is 1.97 bits per heavy atom. The van der Waals surface area contributed by atoms with Gasteiger partial charge in [-0.3, -0.25) is 0 Å². The summed E-state index contributed by atoms with van der Waals surface area (Å²) in [5.41, 5.74) is 1.09. The van der Waals surface area contributed by atoms with Crippen LogP contribution in [-0.4, -0.2) is 37.3 Å². The van der Waals surface area contributed by atoms with Crippen LogP contribution >= 0.6 is 139 Å². The van der Waals surface area contributed by atoms with Gasteiger partial charge in [-0.1, -0.05) is 105 Å². The highest BCUT2D eigenvalue weighted by molar-refractivity contribution is 6.74. The Hall–Kier alpha value is 2.96. The van der Waals surface area contributed by atoms with Crippen molar-refractivity contribution in [3.05, 3.63) is 23.3 Å². The molecule has 29 heavy (non-hydrogen) atoms. The number of allylic oxidation sites excluding steroid dienone is 4. The maximum absolute atomic E-state index is 7.21. The van der Waals surface area contributed by atoms with Gasteiger partial charge in [0.15, 0.2) is 17.3 Å². The van der Waals surface area contributed by atoms with Crippen LogP contribution in [0.15, 0.2) is 23.3 Å². The molecule has 0 saturated heterocycles. The summed E-state index contributed by atoms with van der Waals surface area (Å²) in [6.45, 7) is 0. The number of hydrogen-bond acceptors (Lipinski definition) is 0. The van der Waals surface area contributed by atoms with Crippen LogP contribution in [0.4, 0.5) is 0 Å². The number of fused-ring (bicyclic) bond motifs is 4. The van der Waals surface area contributed by atoms with E-state index in [4.69, 9.17) is 139 Å². The number of rotatable bonds is 0. The summed E-state index contributed by atoms with van der Waals surface area (Å²) < 4.78 is -8.58. The van der Waals surface area contributed by atoms with Gasteiger partial charge in [-0.25, -0.2) is 0 Å². The van der Waals surface area contributed by atoms with E-state index < -0.39 is 37.3 Å². The first-order chi connectivity index (χ1) is 13.0. The van der Waals surface area contributed by atoms with Gasteiger partial charge in [0.2, 0.25) is 0 Å². The molecule has 4 rings (SSSR count). The molecule has 0 aromatic carbocycles. The van der Waals surface area contributed by atoms with E-state index in [9.17, 15) is 0 Å². The molecule has 0 nitrogen and oxygen atoms in total. The van der Waals surface area contributed by atoms with E-state index in [1.807, 2.05) is 12.2 Å². The van der Waals surface area contributed by atoms with E-state index in [1.54, 1.807) is 0 Å². The minimum Gasteiger partial charge on any atom is -0.120 e. The van der Waals surface area contributed by atoms with Gasteiger partial charge in [0.25, 0.3) is 0 Å². The second-order valence-corrected chi connectivity index (χ2v) is 15.7. The van der Waals surface area contributed by atoms with E-state index in [2.05, 4.69) is 0 Å². The van der Waals surface area contributed by atoms with Crippen molar-refractivity contribution < 1.29 is 0 Å². The molecular formula is C17H12Cl12. The van der Waals surface area contributed by atoms with E-state index in [0.717, 1.165) is 18.4 Å². The number of hydrogen-bond donors (Lipinski definition) is 0. The van der Waals surface area contributed by atoms with Crippen molar-refractivity contribution in [2.24, 2.45) is 5.92 Å². The van der Waals surface area contributed by atoms with Crippen LogP contribution in [0.25, 0.3) is 0 Å². The van der Waals surface area contributed by atoms with Gasteiger partial charge in [0.05, 0.1) is 10.3 Å². The summed E-state index contributed by atoms with van der Waals surface area (Å²) in [5.74, 6) is -0.101. The van der Waals surface area contributed by atoms with Crippen molar-refractivity contribution in [2.75, 3.05) is 0 Å². The molecule has 0 aromatic heterocycles. The summed E-state index contributed by atoms with van der Waals surface area (Å²) in [6.07, 6.45) is 5.94. The van der Waals surface area contributed by atoms with Crippen molar-refractivity contribution in [3.63, 3.8) is 0 Å². The third kappa shape index (κ3) is 2.71. The maximum atomic E-state index is 7.21. The molecule has 0 bridgehead atoms. The zero-order valence-corrected chi connectivity index (χ0v) is 23.2. The van der Waals surface area contributed by atoms with Gasteiger partial charge in [-0.15, -0.1) is 46.4 Å². The Bertz CT molecular complexity index is 828. The standard InChI is InChI=1S/C17H12Cl12/c18-9-5-7-3-1-2-4-8(7)10-11(19)6-12(11,20)15(24,25)17(28,29)13(10,21)16(26,27)14(9,22)23/h2,4,7,9H,1,3,5-6H2/b10-8-. The van der Waals surface area contributed by atoms with Crippen molar-refractivity contribution in [3.8, 4) is 0 Å². The second kappa shape index (κ2) is 7.01. The Kier molecular flexibility index (Phi) is 6.06. The predicted molar refractivity (Wildman–Crippen MR) is 131 cm³/mol. The lowest BCUT2D eigenvalue weighted by molar-refractivity contribution is 0.345. The zero-order valence-electron chi connectivity index (χ0n) is 14.2. The number of halogens is 12. The lowest BCUT2D eigenvalue weighted by Crippen LogP contribution is -2.75. The van der Waals surface area contributed by atoms with Gasteiger partial charge < -0.3 is 0 Å². The maximum Gasteiger partial charge on any atom is 0.178 e.